The predicted molar refractivity (Wildman–Crippen MR) is 162 cm³/mol. The molecule has 3 rings (SSSR count). The van der Waals surface area contributed by atoms with E-state index in [9.17, 15) is 9.18 Å². The minimum Gasteiger partial charge on any atom is -0.489 e. The molecule has 2 N–H and O–H groups in total. The fourth-order valence-electron chi connectivity index (χ4n) is 3.46. The quantitative estimate of drug-likeness (QED) is 0.116. The molecule has 0 saturated carbocycles. The first-order valence-corrected chi connectivity index (χ1v) is 13.9. The van der Waals surface area contributed by atoms with Gasteiger partial charge in [-0.05, 0) is 61.0 Å². The highest BCUT2D eigenvalue weighted by Crippen LogP contribution is 2.33. The molecule has 2 aromatic carbocycles. The maximum Gasteiger partial charge on any atom is 0.248 e. The highest BCUT2D eigenvalue weighted by Gasteiger charge is 2.13. The van der Waals surface area contributed by atoms with Crippen LogP contribution in [0.15, 0.2) is 54.9 Å². The number of anilines is 3. The predicted octanol–water partition coefficient (Wildman–Crippen LogP) is 4.43. The first-order chi connectivity index (χ1) is 19.5. The standard InChI is InChI=1S/C28H35FIN5O5/c1-35(2)9-4-7-27(36)34-25-18-23-24(31-20-32-28(23)33-22-6-3-5-21(30)17-22)19-26(25)40-16-15-39-14-13-38-12-11-37-10-8-29/h3-7,17-20H,8-16H2,1-2H3,(H,34,36)(H,31,32,33)/b7-4+. The number of carbonyl (C=O) groups is 1. The van der Waals surface area contributed by atoms with Gasteiger partial charge in [0, 0.05) is 33.3 Å². The van der Waals surface area contributed by atoms with Gasteiger partial charge in [0.2, 0.25) is 5.91 Å². The van der Waals surface area contributed by atoms with Gasteiger partial charge in [-0.15, -0.1) is 0 Å². The summed E-state index contributed by atoms with van der Waals surface area (Å²) in [5.74, 6) is 0.792. The Hall–Kier alpha value is -2.91. The van der Waals surface area contributed by atoms with Crippen molar-refractivity contribution in [3.05, 3.63) is 58.4 Å². The van der Waals surface area contributed by atoms with E-state index in [0.717, 1.165) is 14.6 Å². The molecule has 0 aliphatic carbocycles. The van der Waals surface area contributed by atoms with Crippen molar-refractivity contribution in [2.75, 3.05) is 84.2 Å². The van der Waals surface area contributed by atoms with Crippen LogP contribution in [-0.2, 0) is 19.0 Å². The summed E-state index contributed by atoms with van der Waals surface area (Å²) in [5, 5.41) is 6.98. The van der Waals surface area contributed by atoms with E-state index < -0.39 is 6.67 Å². The summed E-state index contributed by atoms with van der Waals surface area (Å²) in [7, 11) is 3.86. The molecule has 0 aliphatic heterocycles. The zero-order valence-corrected chi connectivity index (χ0v) is 24.9. The maximum atomic E-state index is 12.7. The fourth-order valence-corrected chi connectivity index (χ4v) is 4.00. The van der Waals surface area contributed by atoms with Crippen LogP contribution in [0.2, 0.25) is 0 Å². The van der Waals surface area contributed by atoms with Crippen molar-refractivity contribution in [2.24, 2.45) is 0 Å². The Morgan fingerprint density at radius 2 is 1.73 bits per heavy atom. The van der Waals surface area contributed by atoms with Crippen molar-refractivity contribution in [1.82, 2.24) is 14.9 Å². The molecule has 40 heavy (non-hydrogen) atoms. The van der Waals surface area contributed by atoms with Gasteiger partial charge in [-0.1, -0.05) is 12.1 Å². The van der Waals surface area contributed by atoms with Gasteiger partial charge in [0.05, 0.1) is 50.8 Å². The van der Waals surface area contributed by atoms with Crippen molar-refractivity contribution < 1.29 is 28.1 Å². The van der Waals surface area contributed by atoms with Crippen molar-refractivity contribution in [2.45, 2.75) is 0 Å². The van der Waals surface area contributed by atoms with Crippen LogP contribution in [0.5, 0.6) is 5.75 Å². The number of amides is 1. The molecule has 0 aliphatic rings. The van der Waals surface area contributed by atoms with E-state index in [0.29, 0.717) is 62.4 Å². The topological polar surface area (TPSA) is 107 Å². The molecule has 1 aromatic heterocycles. The summed E-state index contributed by atoms with van der Waals surface area (Å²) in [5.41, 5.74) is 2.03. The Balaban J connectivity index is 1.67. The molecular formula is C28H35FIN5O5. The second kappa shape index (κ2) is 17.7. The largest absolute Gasteiger partial charge is 0.489 e. The van der Waals surface area contributed by atoms with Crippen LogP contribution >= 0.6 is 22.6 Å². The highest BCUT2D eigenvalue weighted by atomic mass is 127. The number of hydrogen-bond acceptors (Lipinski definition) is 9. The number of halogens is 2. The van der Waals surface area contributed by atoms with Crippen LogP contribution in [0, 0.1) is 3.57 Å². The van der Waals surface area contributed by atoms with E-state index in [2.05, 4.69) is 43.2 Å². The van der Waals surface area contributed by atoms with Crippen molar-refractivity contribution in [1.29, 1.82) is 0 Å². The van der Waals surface area contributed by atoms with Crippen LogP contribution in [0.4, 0.5) is 21.6 Å². The van der Waals surface area contributed by atoms with Gasteiger partial charge >= 0.3 is 0 Å². The first-order valence-electron chi connectivity index (χ1n) is 12.8. The van der Waals surface area contributed by atoms with E-state index in [1.54, 1.807) is 18.2 Å². The minimum absolute atomic E-state index is 0.0804. The lowest BCUT2D eigenvalue weighted by atomic mass is 10.1. The molecule has 1 amide bonds. The molecule has 0 fully saturated rings. The Bertz CT molecular complexity index is 1250. The number of likely N-dealkylation sites (N-methyl/N-ethyl adjacent to an activating group) is 1. The van der Waals surface area contributed by atoms with E-state index in [4.69, 9.17) is 18.9 Å². The normalized spacial score (nSPS) is 11.4. The summed E-state index contributed by atoms with van der Waals surface area (Å²) in [4.78, 5) is 23.5. The first kappa shape index (κ1) is 31.6. The van der Waals surface area contributed by atoms with Crippen molar-refractivity contribution in [3.63, 3.8) is 0 Å². The average Bonchev–Trinajstić information content (AvgIpc) is 2.92. The molecule has 0 atom stereocenters. The van der Waals surface area contributed by atoms with Gasteiger partial charge in [0.25, 0.3) is 0 Å². The van der Waals surface area contributed by atoms with Gasteiger partial charge < -0.3 is 34.5 Å². The smallest absolute Gasteiger partial charge is 0.248 e. The number of rotatable bonds is 18. The zero-order valence-electron chi connectivity index (χ0n) is 22.7. The molecule has 3 aromatic rings. The molecule has 12 heteroatoms. The molecule has 0 bridgehead atoms. The Labute approximate surface area is 247 Å². The second-order valence-corrected chi connectivity index (χ2v) is 10.00. The number of carbonyl (C=O) groups excluding carboxylic acids is 1. The van der Waals surface area contributed by atoms with E-state index >= 15 is 0 Å². The highest BCUT2D eigenvalue weighted by molar-refractivity contribution is 14.1. The number of benzene rings is 2. The Morgan fingerprint density at radius 1 is 1.00 bits per heavy atom. The third-order valence-corrected chi connectivity index (χ3v) is 5.94. The molecule has 10 nitrogen and oxygen atoms in total. The number of nitrogens with one attached hydrogen (secondary N) is 2. The molecule has 0 unspecified atom stereocenters. The summed E-state index contributed by atoms with van der Waals surface area (Å²) < 4.78 is 35.0. The molecule has 216 valence electrons. The number of hydrogen-bond donors (Lipinski definition) is 2. The average molecular weight is 668 g/mol. The van der Waals surface area contributed by atoms with Crippen LogP contribution in [-0.4, -0.2) is 94.3 Å². The summed E-state index contributed by atoms with van der Waals surface area (Å²) >= 11 is 2.25. The lowest BCUT2D eigenvalue weighted by molar-refractivity contribution is -0.111. The van der Waals surface area contributed by atoms with Crippen LogP contribution in [0.1, 0.15) is 0 Å². The van der Waals surface area contributed by atoms with E-state index in [1.165, 1.54) is 12.4 Å². The van der Waals surface area contributed by atoms with Gasteiger partial charge in [0.1, 0.15) is 31.2 Å². The SMILES string of the molecule is CN(C)C/C=C/C(=O)Nc1cc2c(Nc3cccc(I)c3)ncnc2cc1OCCOCCOCCOCCF. The fraction of sp³-hybridized carbons (Fsp3) is 0.393. The number of alkyl halides is 1. The number of nitrogens with zero attached hydrogens (tertiary/aromatic N) is 3. The third-order valence-electron chi connectivity index (χ3n) is 5.27. The third kappa shape index (κ3) is 11.3. The van der Waals surface area contributed by atoms with Crippen LogP contribution < -0.4 is 15.4 Å². The van der Waals surface area contributed by atoms with Crippen LogP contribution in [0.25, 0.3) is 10.9 Å². The maximum absolute atomic E-state index is 12.7. The van der Waals surface area contributed by atoms with Crippen molar-refractivity contribution >= 4 is 56.6 Å². The molecule has 0 saturated heterocycles. The number of aromatic nitrogens is 2. The van der Waals surface area contributed by atoms with Crippen molar-refractivity contribution in [3.8, 4) is 5.75 Å². The van der Waals surface area contributed by atoms with Gasteiger partial charge in [-0.3, -0.25) is 4.79 Å². The Kier molecular flexibility index (Phi) is 14.0. The second-order valence-electron chi connectivity index (χ2n) is 8.75. The van der Waals surface area contributed by atoms with Gasteiger partial charge in [0.15, 0.2) is 0 Å². The van der Waals surface area contributed by atoms with E-state index in [-0.39, 0.29) is 19.1 Å². The summed E-state index contributed by atoms with van der Waals surface area (Å²) in [6, 6.07) is 11.5. The lowest BCUT2D eigenvalue weighted by Crippen LogP contribution is -2.15. The summed E-state index contributed by atoms with van der Waals surface area (Å²) in [6.45, 7) is 2.28. The molecular weight excluding hydrogens is 632 g/mol. The molecule has 0 spiro atoms. The molecule has 1 heterocycles. The number of ether oxygens (including phenoxy) is 4. The van der Waals surface area contributed by atoms with E-state index in [1.807, 2.05) is 43.3 Å². The minimum atomic E-state index is -0.503. The monoisotopic (exact) mass is 667 g/mol. The Morgan fingerprint density at radius 3 is 2.42 bits per heavy atom. The van der Waals surface area contributed by atoms with Gasteiger partial charge in [-0.2, -0.15) is 0 Å². The lowest BCUT2D eigenvalue weighted by Gasteiger charge is -2.15. The van der Waals surface area contributed by atoms with Gasteiger partial charge in [-0.25, -0.2) is 14.4 Å². The van der Waals surface area contributed by atoms with Crippen LogP contribution in [0.3, 0.4) is 0 Å². The molecule has 0 radical (unpaired) electrons. The zero-order chi connectivity index (χ0) is 28.6. The summed E-state index contributed by atoms with van der Waals surface area (Å²) in [6.07, 6.45) is 4.76. The number of fused-ring (bicyclic) bond motifs is 1.